The number of pyridine rings is 1. The van der Waals surface area contributed by atoms with Crippen LogP contribution in [0, 0.1) is 6.92 Å². The summed E-state index contributed by atoms with van der Waals surface area (Å²) in [6.45, 7) is 4.61. The van der Waals surface area contributed by atoms with Gasteiger partial charge in [0.2, 0.25) is 0 Å². The first-order chi connectivity index (χ1) is 13.5. The van der Waals surface area contributed by atoms with Crippen LogP contribution in [0.25, 0.3) is 11.0 Å². The lowest BCUT2D eigenvalue weighted by Gasteiger charge is -2.25. The molecule has 1 atom stereocenters. The van der Waals surface area contributed by atoms with E-state index in [0.717, 1.165) is 22.3 Å². The fraction of sp³-hybridized carbons (Fsp3) is 0.227. The van der Waals surface area contributed by atoms with Crippen molar-refractivity contribution >= 4 is 28.3 Å². The third-order valence-corrected chi connectivity index (χ3v) is 5.90. The van der Waals surface area contributed by atoms with Gasteiger partial charge in [-0.2, -0.15) is 5.10 Å². The van der Waals surface area contributed by atoms with E-state index in [1.54, 1.807) is 22.4 Å². The predicted octanol–water partition coefficient (Wildman–Crippen LogP) is 4.68. The summed E-state index contributed by atoms with van der Waals surface area (Å²) in [6, 6.07) is 16.0. The summed E-state index contributed by atoms with van der Waals surface area (Å²) in [5.41, 5.74) is 3.31. The molecule has 4 rings (SSSR count). The molecule has 3 aromatic heterocycles. The molecule has 0 saturated heterocycles. The Bertz CT molecular complexity index is 1100. The minimum atomic E-state index is -0.0293. The van der Waals surface area contributed by atoms with Crippen molar-refractivity contribution in [3.8, 4) is 0 Å². The third kappa shape index (κ3) is 3.43. The van der Waals surface area contributed by atoms with Gasteiger partial charge in [0.25, 0.3) is 5.91 Å². The average Bonchev–Trinajstić information content (AvgIpc) is 3.37. The molecular weight excluding hydrogens is 368 g/mol. The zero-order valence-electron chi connectivity index (χ0n) is 16.2. The zero-order valence-corrected chi connectivity index (χ0v) is 17.0. The van der Waals surface area contributed by atoms with E-state index >= 15 is 0 Å². The van der Waals surface area contributed by atoms with Crippen molar-refractivity contribution in [3.63, 3.8) is 0 Å². The van der Waals surface area contributed by atoms with Gasteiger partial charge in [0.15, 0.2) is 5.65 Å². The molecule has 0 fully saturated rings. The van der Waals surface area contributed by atoms with E-state index in [1.165, 1.54) is 4.88 Å². The monoisotopic (exact) mass is 390 g/mol. The van der Waals surface area contributed by atoms with E-state index in [0.29, 0.717) is 12.1 Å². The molecule has 6 heteroatoms. The van der Waals surface area contributed by atoms with Gasteiger partial charge in [0.1, 0.15) is 0 Å². The molecule has 0 saturated carbocycles. The third-order valence-electron chi connectivity index (χ3n) is 5.04. The molecule has 142 valence electrons. The Labute approximate surface area is 168 Å². The number of amides is 1. The summed E-state index contributed by atoms with van der Waals surface area (Å²) in [5.74, 6) is -0.0254. The minimum Gasteiger partial charge on any atom is -0.335 e. The SMILES string of the molecule is Cc1cc(C(=O)N(C)[C@@H](C)c2ccccc2)c2cnn(Cc3cccs3)c2n1. The smallest absolute Gasteiger partial charge is 0.254 e. The molecule has 4 aromatic rings. The number of hydrogen-bond acceptors (Lipinski definition) is 4. The van der Waals surface area contributed by atoms with E-state index in [-0.39, 0.29) is 11.9 Å². The van der Waals surface area contributed by atoms with Gasteiger partial charge in [0.05, 0.1) is 29.7 Å². The second-order valence-corrected chi connectivity index (χ2v) is 7.97. The van der Waals surface area contributed by atoms with Crippen LogP contribution in [-0.4, -0.2) is 32.6 Å². The molecule has 0 aliphatic rings. The molecule has 0 N–H and O–H groups in total. The summed E-state index contributed by atoms with van der Waals surface area (Å²) >= 11 is 1.69. The maximum atomic E-state index is 13.3. The normalized spacial score (nSPS) is 12.2. The number of hydrogen-bond donors (Lipinski definition) is 0. The summed E-state index contributed by atoms with van der Waals surface area (Å²) in [5, 5.41) is 7.35. The molecule has 0 unspecified atom stereocenters. The van der Waals surface area contributed by atoms with Gasteiger partial charge in [-0.25, -0.2) is 9.67 Å². The van der Waals surface area contributed by atoms with Crippen LogP contribution in [0.2, 0.25) is 0 Å². The van der Waals surface area contributed by atoms with Gasteiger partial charge in [-0.05, 0) is 36.9 Å². The van der Waals surface area contributed by atoms with Gasteiger partial charge in [-0.3, -0.25) is 4.79 Å². The minimum absolute atomic E-state index is 0.0254. The Morgan fingerprint density at radius 3 is 2.71 bits per heavy atom. The maximum absolute atomic E-state index is 13.3. The molecule has 0 spiro atoms. The topological polar surface area (TPSA) is 51.0 Å². The second-order valence-electron chi connectivity index (χ2n) is 6.93. The molecule has 1 amide bonds. The Kier molecular flexibility index (Phi) is 4.96. The number of aromatic nitrogens is 3. The van der Waals surface area contributed by atoms with Gasteiger partial charge in [-0.1, -0.05) is 36.4 Å². The van der Waals surface area contributed by atoms with Crippen molar-refractivity contribution in [2.24, 2.45) is 0 Å². The van der Waals surface area contributed by atoms with Crippen LogP contribution >= 0.6 is 11.3 Å². The number of rotatable bonds is 5. The van der Waals surface area contributed by atoms with Crippen LogP contribution in [0.15, 0.2) is 60.1 Å². The largest absolute Gasteiger partial charge is 0.335 e. The van der Waals surface area contributed by atoms with Crippen molar-refractivity contribution in [2.45, 2.75) is 26.4 Å². The lowest BCUT2D eigenvalue weighted by Crippen LogP contribution is -2.30. The predicted molar refractivity (Wildman–Crippen MR) is 113 cm³/mol. The van der Waals surface area contributed by atoms with Gasteiger partial charge in [0, 0.05) is 17.6 Å². The molecule has 5 nitrogen and oxygen atoms in total. The highest BCUT2D eigenvalue weighted by Crippen LogP contribution is 2.25. The number of carbonyl (C=O) groups is 1. The van der Waals surface area contributed by atoms with Gasteiger partial charge >= 0.3 is 0 Å². The number of nitrogens with zero attached hydrogens (tertiary/aromatic N) is 4. The number of aryl methyl sites for hydroxylation is 1. The summed E-state index contributed by atoms with van der Waals surface area (Å²) in [4.78, 5) is 21.0. The van der Waals surface area contributed by atoms with E-state index in [1.807, 2.05) is 68.0 Å². The van der Waals surface area contributed by atoms with E-state index in [2.05, 4.69) is 21.5 Å². The van der Waals surface area contributed by atoms with Crippen LogP contribution in [-0.2, 0) is 6.54 Å². The highest BCUT2D eigenvalue weighted by Gasteiger charge is 2.23. The van der Waals surface area contributed by atoms with Crippen molar-refractivity contribution in [2.75, 3.05) is 7.05 Å². The standard InChI is InChI=1S/C22H22N4OS/c1-15-12-19(22(27)25(3)16(2)17-8-5-4-6-9-17)20-13-23-26(21(20)24-15)14-18-10-7-11-28-18/h4-13,16H,14H2,1-3H3/t16-/m0/s1. The van der Waals surface area contributed by atoms with Gasteiger partial charge < -0.3 is 4.90 Å². The average molecular weight is 391 g/mol. The van der Waals surface area contributed by atoms with Crippen molar-refractivity contribution < 1.29 is 4.79 Å². The zero-order chi connectivity index (χ0) is 19.7. The summed E-state index contributed by atoms with van der Waals surface area (Å²) in [6.07, 6.45) is 1.75. The van der Waals surface area contributed by atoms with Crippen LogP contribution < -0.4 is 0 Å². The quantitative estimate of drug-likeness (QED) is 0.497. The van der Waals surface area contributed by atoms with Crippen LogP contribution in [0.5, 0.6) is 0 Å². The molecule has 0 aliphatic carbocycles. The lowest BCUT2D eigenvalue weighted by atomic mass is 10.1. The van der Waals surface area contributed by atoms with Crippen molar-refractivity contribution in [3.05, 3.63) is 81.8 Å². The lowest BCUT2D eigenvalue weighted by molar-refractivity contribution is 0.0744. The Hall–Kier alpha value is -2.99. The van der Waals surface area contributed by atoms with Crippen LogP contribution in [0.3, 0.4) is 0 Å². The fourth-order valence-corrected chi connectivity index (χ4v) is 4.02. The molecule has 0 bridgehead atoms. The maximum Gasteiger partial charge on any atom is 0.254 e. The fourth-order valence-electron chi connectivity index (χ4n) is 3.34. The number of carbonyl (C=O) groups excluding carboxylic acids is 1. The Morgan fingerprint density at radius 1 is 1.21 bits per heavy atom. The van der Waals surface area contributed by atoms with E-state index in [9.17, 15) is 4.79 Å². The van der Waals surface area contributed by atoms with Gasteiger partial charge in [-0.15, -0.1) is 11.3 Å². The Balaban J connectivity index is 1.70. The first-order valence-electron chi connectivity index (χ1n) is 9.22. The first-order valence-corrected chi connectivity index (χ1v) is 10.1. The summed E-state index contributed by atoms with van der Waals surface area (Å²) < 4.78 is 1.87. The Morgan fingerprint density at radius 2 is 2.00 bits per heavy atom. The second kappa shape index (κ2) is 7.56. The van der Waals surface area contributed by atoms with Crippen molar-refractivity contribution in [1.29, 1.82) is 0 Å². The molecular formula is C22H22N4OS. The van der Waals surface area contributed by atoms with E-state index < -0.39 is 0 Å². The van der Waals surface area contributed by atoms with Crippen LogP contribution in [0.4, 0.5) is 0 Å². The molecule has 1 aromatic carbocycles. The number of benzene rings is 1. The molecule has 28 heavy (non-hydrogen) atoms. The highest BCUT2D eigenvalue weighted by atomic mass is 32.1. The number of fused-ring (bicyclic) bond motifs is 1. The summed E-state index contributed by atoms with van der Waals surface area (Å²) in [7, 11) is 1.84. The highest BCUT2D eigenvalue weighted by molar-refractivity contribution is 7.09. The molecule has 0 radical (unpaired) electrons. The van der Waals surface area contributed by atoms with Crippen molar-refractivity contribution in [1.82, 2.24) is 19.7 Å². The molecule has 3 heterocycles. The first kappa shape index (κ1) is 18.4. The van der Waals surface area contributed by atoms with E-state index in [4.69, 9.17) is 0 Å². The van der Waals surface area contributed by atoms with Crippen LogP contribution in [0.1, 0.15) is 39.5 Å². The number of thiophene rings is 1. The molecule has 0 aliphatic heterocycles.